The van der Waals surface area contributed by atoms with Gasteiger partial charge in [-0.05, 0) is 72.7 Å². The quantitative estimate of drug-likeness (QED) is 0.373. The molecule has 1 aromatic heterocycles. The Bertz CT molecular complexity index is 1550. The second kappa shape index (κ2) is 12.3. The van der Waals surface area contributed by atoms with Crippen molar-refractivity contribution in [3.05, 3.63) is 101 Å². The van der Waals surface area contributed by atoms with Crippen molar-refractivity contribution in [2.45, 2.75) is 43.9 Å². The number of halogens is 3. The Morgan fingerprint density at radius 1 is 1.07 bits per heavy atom. The van der Waals surface area contributed by atoms with Crippen molar-refractivity contribution < 1.29 is 26.4 Å². The molecule has 42 heavy (non-hydrogen) atoms. The average Bonchev–Trinajstić information content (AvgIpc) is 3.37. The Balaban J connectivity index is 1.18. The van der Waals surface area contributed by atoms with E-state index in [2.05, 4.69) is 14.6 Å². The highest BCUT2D eigenvalue weighted by Gasteiger charge is 2.33. The van der Waals surface area contributed by atoms with Crippen LogP contribution in [0.1, 0.15) is 57.9 Å². The lowest BCUT2D eigenvalue weighted by Crippen LogP contribution is -2.45. The molecule has 2 aliphatic rings. The van der Waals surface area contributed by atoms with Crippen LogP contribution in [0.25, 0.3) is 6.08 Å². The molecule has 11 heteroatoms. The number of rotatable bonds is 8. The van der Waals surface area contributed by atoms with Gasteiger partial charge in [0.25, 0.3) is 5.91 Å². The first-order valence-electron chi connectivity index (χ1n) is 13.9. The van der Waals surface area contributed by atoms with E-state index in [9.17, 15) is 26.4 Å². The number of sulfonamides is 1. The fourth-order valence-corrected chi connectivity index (χ4v) is 6.90. The highest BCUT2D eigenvalue weighted by Crippen LogP contribution is 2.34. The number of carbonyl (C=O) groups excluding carboxylic acids is 1. The SMILES string of the molecule is CN(C(=O)c1ccc2c(c1)CCC2NS(=O)(=O)CC=Cc1ccccc1C(F)(F)F)C1CCN(c2ccncc2)CC1. The summed E-state index contributed by atoms with van der Waals surface area (Å²) in [5, 5.41) is 0. The number of fused-ring (bicyclic) bond motifs is 1. The highest BCUT2D eigenvalue weighted by molar-refractivity contribution is 7.89. The van der Waals surface area contributed by atoms with Crippen LogP contribution in [0, 0.1) is 0 Å². The average molecular weight is 599 g/mol. The molecule has 0 saturated carbocycles. The fourth-order valence-electron chi connectivity index (χ4n) is 5.78. The molecule has 1 saturated heterocycles. The number of carbonyl (C=O) groups is 1. The largest absolute Gasteiger partial charge is 0.416 e. The van der Waals surface area contributed by atoms with E-state index < -0.39 is 33.6 Å². The van der Waals surface area contributed by atoms with Gasteiger partial charge in [0.05, 0.1) is 11.3 Å². The minimum Gasteiger partial charge on any atom is -0.371 e. The van der Waals surface area contributed by atoms with Gasteiger partial charge in [0.1, 0.15) is 0 Å². The van der Waals surface area contributed by atoms with E-state index in [0.717, 1.165) is 48.8 Å². The molecule has 1 N–H and O–H groups in total. The predicted molar refractivity (Wildman–Crippen MR) is 156 cm³/mol. The van der Waals surface area contributed by atoms with Crippen molar-refractivity contribution in [1.82, 2.24) is 14.6 Å². The molecule has 1 atom stereocenters. The molecule has 1 aliphatic heterocycles. The zero-order valence-corrected chi connectivity index (χ0v) is 24.0. The smallest absolute Gasteiger partial charge is 0.371 e. The number of benzene rings is 2. The Morgan fingerprint density at radius 3 is 2.50 bits per heavy atom. The number of anilines is 1. The Labute approximate surface area is 244 Å². The van der Waals surface area contributed by atoms with Gasteiger partial charge < -0.3 is 9.80 Å². The van der Waals surface area contributed by atoms with Crippen molar-refractivity contribution >= 4 is 27.7 Å². The number of alkyl halides is 3. The first kappa shape index (κ1) is 29.8. The number of nitrogens with zero attached hydrogens (tertiary/aromatic N) is 3. The van der Waals surface area contributed by atoms with E-state index in [0.29, 0.717) is 18.4 Å². The third-order valence-corrected chi connectivity index (χ3v) is 9.30. The number of aromatic nitrogens is 1. The van der Waals surface area contributed by atoms with Crippen LogP contribution < -0.4 is 9.62 Å². The van der Waals surface area contributed by atoms with Crippen molar-refractivity contribution in [2.24, 2.45) is 0 Å². The minimum absolute atomic E-state index is 0.0616. The topological polar surface area (TPSA) is 82.6 Å². The molecule has 2 heterocycles. The number of hydrogen-bond donors (Lipinski definition) is 1. The van der Waals surface area contributed by atoms with Crippen LogP contribution in [-0.4, -0.2) is 56.1 Å². The van der Waals surface area contributed by atoms with Crippen LogP contribution in [0.15, 0.2) is 73.1 Å². The number of piperidine rings is 1. The number of aryl methyl sites for hydroxylation is 1. The molecule has 0 bridgehead atoms. The van der Waals surface area contributed by atoms with Crippen molar-refractivity contribution in [2.75, 3.05) is 30.8 Å². The molecule has 1 fully saturated rings. The lowest BCUT2D eigenvalue weighted by Gasteiger charge is -2.37. The van der Waals surface area contributed by atoms with Crippen LogP contribution >= 0.6 is 0 Å². The summed E-state index contributed by atoms with van der Waals surface area (Å²) in [5.74, 6) is -0.514. The molecule has 1 aliphatic carbocycles. The molecule has 1 unspecified atom stereocenters. The van der Waals surface area contributed by atoms with E-state index in [-0.39, 0.29) is 17.5 Å². The van der Waals surface area contributed by atoms with Crippen LogP contribution in [0.3, 0.4) is 0 Å². The van der Waals surface area contributed by atoms with Gasteiger partial charge in [-0.3, -0.25) is 9.78 Å². The van der Waals surface area contributed by atoms with Crippen molar-refractivity contribution in [3.63, 3.8) is 0 Å². The predicted octanol–water partition coefficient (Wildman–Crippen LogP) is 5.46. The first-order chi connectivity index (χ1) is 20.0. The summed E-state index contributed by atoms with van der Waals surface area (Å²) < 4.78 is 67.9. The van der Waals surface area contributed by atoms with Gasteiger partial charge in [0.2, 0.25) is 10.0 Å². The van der Waals surface area contributed by atoms with Gasteiger partial charge >= 0.3 is 6.18 Å². The first-order valence-corrected chi connectivity index (χ1v) is 15.5. The molecular weight excluding hydrogens is 565 g/mol. The zero-order valence-electron chi connectivity index (χ0n) is 23.2. The third-order valence-electron chi connectivity index (χ3n) is 8.03. The van der Waals surface area contributed by atoms with Gasteiger partial charge in [-0.15, -0.1) is 0 Å². The number of hydrogen-bond acceptors (Lipinski definition) is 5. The molecule has 2 aromatic carbocycles. The summed E-state index contributed by atoms with van der Waals surface area (Å²) >= 11 is 0. The molecule has 7 nitrogen and oxygen atoms in total. The molecule has 0 spiro atoms. The zero-order chi connectivity index (χ0) is 29.9. The summed E-state index contributed by atoms with van der Waals surface area (Å²) in [7, 11) is -1.97. The van der Waals surface area contributed by atoms with Gasteiger partial charge in [-0.1, -0.05) is 36.4 Å². The van der Waals surface area contributed by atoms with E-state index in [1.807, 2.05) is 30.1 Å². The standard InChI is InChI=1S/C31H33F3N4O3S/c1-37(25-14-18-38(19-15-25)26-12-16-35-17-13-26)30(39)24-8-10-27-23(21-24)9-11-29(27)36-42(40,41)20-4-6-22-5-2-3-7-28(22)31(32,33)34/h2-8,10,12-13,16-17,21,25,29,36H,9,11,14-15,18-20H2,1H3. The maximum atomic E-state index is 13.3. The Hall–Kier alpha value is -3.70. The summed E-state index contributed by atoms with van der Waals surface area (Å²) in [4.78, 5) is 21.5. The van der Waals surface area contributed by atoms with E-state index in [1.165, 1.54) is 30.4 Å². The van der Waals surface area contributed by atoms with E-state index in [1.54, 1.807) is 24.5 Å². The minimum atomic E-state index is -4.53. The van der Waals surface area contributed by atoms with Crippen molar-refractivity contribution in [1.29, 1.82) is 0 Å². The third kappa shape index (κ3) is 6.84. The molecule has 222 valence electrons. The van der Waals surface area contributed by atoms with Gasteiger partial charge in [-0.25, -0.2) is 13.1 Å². The van der Waals surface area contributed by atoms with E-state index in [4.69, 9.17) is 0 Å². The summed E-state index contributed by atoms with van der Waals surface area (Å²) in [6, 6.07) is 14.1. The second-order valence-electron chi connectivity index (χ2n) is 10.7. The van der Waals surface area contributed by atoms with Crippen LogP contribution in [-0.2, 0) is 22.6 Å². The van der Waals surface area contributed by atoms with Crippen LogP contribution in [0.5, 0.6) is 0 Å². The number of amides is 1. The molecular formula is C31H33F3N4O3S. The lowest BCUT2D eigenvalue weighted by atomic mass is 10.0. The number of pyridine rings is 1. The summed E-state index contributed by atoms with van der Waals surface area (Å²) in [5.41, 5.74) is 2.53. The molecule has 0 radical (unpaired) electrons. The maximum absolute atomic E-state index is 13.3. The molecule has 3 aromatic rings. The van der Waals surface area contributed by atoms with Gasteiger partial charge in [0.15, 0.2) is 0 Å². The Kier molecular flexibility index (Phi) is 8.70. The van der Waals surface area contributed by atoms with Crippen LogP contribution in [0.2, 0.25) is 0 Å². The lowest BCUT2D eigenvalue weighted by molar-refractivity contribution is -0.137. The van der Waals surface area contributed by atoms with E-state index >= 15 is 0 Å². The monoisotopic (exact) mass is 598 g/mol. The maximum Gasteiger partial charge on any atom is 0.416 e. The molecule has 1 amide bonds. The fraction of sp³-hybridized carbons (Fsp3) is 0.355. The summed E-state index contributed by atoms with van der Waals surface area (Å²) in [6.07, 6.45) is 4.30. The normalized spacial score (nSPS) is 17.9. The van der Waals surface area contributed by atoms with Crippen molar-refractivity contribution in [3.8, 4) is 0 Å². The summed E-state index contributed by atoms with van der Waals surface area (Å²) in [6.45, 7) is 1.70. The van der Waals surface area contributed by atoms with Gasteiger partial charge in [0, 0.05) is 55.9 Å². The van der Waals surface area contributed by atoms with Gasteiger partial charge in [-0.2, -0.15) is 13.2 Å². The number of nitrogens with one attached hydrogen (secondary N) is 1. The second-order valence-corrected chi connectivity index (χ2v) is 12.5. The highest BCUT2D eigenvalue weighted by atomic mass is 32.2. The van der Waals surface area contributed by atoms with Crippen LogP contribution in [0.4, 0.5) is 18.9 Å². The molecule has 5 rings (SSSR count). The Morgan fingerprint density at radius 2 is 1.79 bits per heavy atom.